The van der Waals surface area contributed by atoms with E-state index in [1.54, 1.807) is 0 Å². The zero-order valence-electron chi connectivity index (χ0n) is 13.1. The number of nitrogens with one attached hydrogen (secondary N) is 1. The van der Waals surface area contributed by atoms with E-state index in [2.05, 4.69) is 29.1 Å². The summed E-state index contributed by atoms with van der Waals surface area (Å²) >= 11 is 0. The minimum absolute atomic E-state index is 0.0329. The first-order valence-corrected chi connectivity index (χ1v) is 7.32. The van der Waals surface area contributed by atoms with E-state index in [9.17, 15) is 9.59 Å². The molecule has 0 saturated heterocycles. The highest BCUT2D eigenvalue weighted by Gasteiger charge is 2.49. The van der Waals surface area contributed by atoms with Gasteiger partial charge in [-0.15, -0.1) is 0 Å². The molecule has 1 aliphatic carbocycles. The van der Waals surface area contributed by atoms with Crippen LogP contribution in [0.1, 0.15) is 31.7 Å². The Hall–Kier alpha value is -1.89. The average molecular weight is 310 g/mol. The fourth-order valence-corrected chi connectivity index (χ4v) is 2.85. The summed E-state index contributed by atoms with van der Waals surface area (Å²) in [5.74, 6) is -0.567. The molecule has 122 valence electrons. The normalized spacial score (nSPS) is 22.7. The van der Waals surface area contributed by atoms with Gasteiger partial charge in [0.15, 0.2) is 0 Å². The smallest absolute Gasteiger partial charge is 0.396 e. The number of aliphatic hydroxyl groups is 1. The van der Waals surface area contributed by atoms with Gasteiger partial charge >= 0.3 is 11.9 Å². The Balaban J connectivity index is 1.90. The van der Waals surface area contributed by atoms with Crippen LogP contribution in [0.5, 0.6) is 0 Å². The van der Waals surface area contributed by atoms with Crippen LogP contribution >= 0.6 is 0 Å². The van der Waals surface area contributed by atoms with E-state index in [-0.39, 0.29) is 18.1 Å². The number of hydrogen-bond acceptors (Lipinski definition) is 6. The maximum absolute atomic E-state index is 11.6. The minimum Gasteiger partial charge on any atom is -0.462 e. The SMILES string of the molecule is COC(=O)C(=O)NC1CC(Cc2cc(CCO)on2)C1(C)C. The van der Waals surface area contributed by atoms with Crippen LogP contribution in [-0.2, 0) is 27.2 Å². The van der Waals surface area contributed by atoms with Crippen molar-refractivity contribution in [1.29, 1.82) is 0 Å². The second kappa shape index (κ2) is 6.48. The number of rotatable bonds is 5. The molecular formula is C15H22N2O5. The van der Waals surface area contributed by atoms with Crippen molar-refractivity contribution in [3.05, 3.63) is 17.5 Å². The number of carbonyl (C=O) groups excluding carboxylic acids is 2. The van der Waals surface area contributed by atoms with Crippen LogP contribution in [0.4, 0.5) is 0 Å². The van der Waals surface area contributed by atoms with Crippen molar-refractivity contribution in [3.63, 3.8) is 0 Å². The zero-order valence-corrected chi connectivity index (χ0v) is 13.1. The van der Waals surface area contributed by atoms with Crippen LogP contribution < -0.4 is 5.32 Å². The summed E-state index contributed by atoms with van der Waals surface area (Å²) in [5, 5.41) is 15.6. The summed E-state index contributed by atoms with van der Waals surface area (Å²) in [5.41, 5.74) is 0.707. The number of nitrogens with zero attached hydrogens (tertiary/aromatic N) is 1. The molecule has 2 atom stereocenters. The van der Waals surface area contributed by atoms with Crippen LogP contribution in [0, 0.1) is 11.3 Å². The van der Waals surface area contributed by atoms with Crippen LogP contribution in [0.2, 0.25) is 0 Å². The fourth-order valence-electron chi connectivity index (χ4n) is 2.85. The molecule has 0 aromatic carbocycles. The van der Waals surface area contributed by atoms with E-state index in [1.807, 2.05) is 6.07 Å². The monoisotopic (exact) mass is 310 g/mol. The van der Waals surface area contributed by atoms with Crippen molar-refractivity contribution in [2.75, 3.05) is 13.7 Å². The van der Waals surface area contributed by atoms with Crippen LogP contribution in [0.15, 0.2) is 10.6 Å². The Bertz CT molecular complexity index is 552. The third kappa shape index (κ3) is 3.30. The first kappa shape index (κ1) is 16.5. The molecule has 1 heterocycles. The van der Waals surface area contributed by atoms with E-state index < -0.39 is 11.9 Å². The van der Waals surface area contributed by atoms with E-state index in [0.717, 1.165) is 18.5 Å². The van der Waals surface area contributed by atoms with Gasteiger partial charge in [-0.3, -0.25) is 4.79 Å². The molecule has 22 heavy (non-hydrogen) atoms. The standard InChI is InChI=1S/C15H22N2O5/c1-15(2)9(6-10-8-11(4-5-18)22-17-10)7-12(15)16-13(19)14(20)21-3/h8-9,12,18H,4-7H2,1-3H3,(H,16,19). The summed E-state index contributed by atoms with van der Waals surface area (Å²) < 4.78 is 9.54. The molecule has 1 amide bonds. The van der Waals surface area contributed by atoms with Crippen molar-refractivity contribution in [2.45, 2.75) is 39.2 Å². The molecule has 1 aromatic heterocycles. The minimum atomic E-state index is -0.871. The molecule has 1 saturated carbocycles. The van der Waals surface area contributed by atoms with Gasteiger partial charge in [-0.05, 0) is 24.2 Å². The number of hydrogen-bond donors (Lipinski definition) is 2. The third-order valence-corrected chi connectivity index (χ3v) is 4.57. The molecule has 2 N–H and O–H groups in total. The van der Waals surface area contributed by atoms with Crippen LogP contribution in [-0.4, -0.2) is 41.9 Å². The van der Waals surface area contributed by atoms with Crippen molar-refractivity contribution < 1.29 is 24.0 Å². The van der Waals surface area contributed by atoms with Gasteiger partial charge in [0.1, 0.15) is 5.76 Å². The summed E-state index contributed by atoms with van der Waals surface area (Å²) in [4.78, 5) is 22.7. The lowest BCUT2D eigenvalue weighted by Crippen LogP contribution is -2.59. The molecule has 7 nitrogen and oxygen atoms in total. The maximum atomic E-state index is 11.6. The largest absolute Gasteiger partial charge is 0.462 e. The molecule has 1 aromatic rings. The number of methoxy groups -OCH3 is 1. The number of amides is 1. The molecule has 0 bridgehead atoms. The summed E-state index contributed by atoms with van der Waals surface area (Å²) in [6, 6.07) is 1.79. The van der Waals surface area contributed by atoms with Crippen LogP contribution in [0.3, 0.4) is 0 Å². The van der Waals surface area contributed by atoms with Crippen LogP contribution in [0.25, 0.3) is 0 Å². The average Bonchev–Trinajstić information content (AvgIpc) is 2.93. The van der Waals surface area contributed by atoms with Crippen molar-refractivity contribution in [3.8, 4) is 0 Å². The second-order valence-electron chi connectivity index (χ2n) is 6.23. The van der Waals surface area contributed by atoms with E-state index in [4.69, 9.17) is 9.63 Å². The summed E-state index contributed by atoms with van der Waals surface area (Å²) in [6.07, 6.45) is 1.98. The highest BCUT2D eigenvalue weighted by Crippen LogP contribution is 2.47. The van der Waals surface area contributed by atoms with Crippen molar-refractivity contribution >= 4 is 11.9 Å². The van der Waals surface area contributed by atoms with Gasteiger partial charge in [-0.2, -0.15) is 0 Å². The second-order valence-corrected chi connectivity index (χ2v) is 6.23. The van der Waals surface area contributed by atoms with E-state index in [1.165, 1.54) is 7.11 Å². The summed E-state index contributed by atoms with van der Waals surface area (Å²) in [6.45, 7) is 4.14. The molecule has 2 rings (SSSR count). The van der Waals surface area contributed by atoms with Crippen molar-refractivity contribution in [2.24, 2.45) is 11.3 Å². The number of aromatic nitrogens is 1. The van der Waals surface area contributed by atoms with Gasteiger partial charge in [-0.25, -0.2) is 4.79 Å². The number of esters is 1. The van der Waals surface area contributed by atoms with E-state index in [0.29, 0.717) is 18.1 Å². The highest BCUT2D eigenvalue weighted by atomic mass is 16.5. The van der Waals surface area contributed by atoms with Gasteiger partial charge in [0.25, 0.3) is 0 Å². The lowest BCUT2D eigenvalue weighted by Gasteiger charge is -2.52. The van der Waals surface area contributed by atoms with Gasteiger partial charge in [0, 0.05) is 18.5 Å². The molecular weight excluding hydrogens is 288 g/mol. The fraction of sp³-hybridized carbons (Fsp3) is 0.667. The lowest BCUT2D eigenvalue weighted by molar-refractivity contribution is -0.154. The molecule has 1 aliphatic rings. The number of carbonyl (C=O) groups is 2. The Morgan fingerprint density at radius 2 is 2.27 bits per heavy atom. The first-order chi connectivity index (χ1) is 10.4. The van der Waals surface area contributed by atoms with Gasteiger partial charge in [-0.1, -0.05) is 19.0 Å². The first-order valence-electron chi connectivity index (χ1n) is 7.32. The predicted octanol–water partition coefficient (Wildman–Crippen LogP) is 0.456. The predicted molar refractivity (Wildman–Crippen MR) is 76.8 cm³/mol. The maximum Gasteiger partial charge on any atom is 0.396 e. The van der Waals surface area contributed by atoms with Gasteiger partial charge < -0.3 is 19.7 Å². The Morgan fingerprint density at radius 3 is 2.86 bits per heavy atom. The quantitative estimate of drug-likeness (QED) is 0.605. The Morgan fingerprint density at radius 1 is 1.55 bits per heavy atom. The van der Waals surface area contributed by atoms with Gasteiger partial charge in [0.05, 0.1) is 19.4 Å². The molecule has 7 heteroatoms. The number of ether oxygens (including phenoxy) is 1. The zero-order chi connectivity index (χ0) is 16.3. The lowest BCUT2D eigenvalue weighted by atomic mass is 9.57. The molecule has 0 aliphatic heterocycles. The number of aliphatic hydroxyl groups excluding tert-OH is 1. The molecule has 2 unspecified atom stereocenters. The Labute approximate surface area is 129 Å². The highest BCUT2D eigenvalue weighted by molar-refractivity contribution is 6.32. The van der Waals surface area contributed by atoms with E-state index >= 15 is 0 Å². The Kier molecular flexibility index (Phi) is 4.85. The molecule has 1 fully saturated rings. The molecule has 0 spiro atoms. The van der Waals surface area contributed by atoms with Gasteiger partial charge in [0.2, 0.25) is 0 Å². The third-order valence-electron chi connectivity index (χ3n) is 4.57. The molecule has 0 radical (unpaired) electrons. The summed E-state index contributed by atoms with van der Waals surface area (Å²) in [7, 11) is 1.19. The topological polar surface area (TPSA) is 102 Å². The van der Waals surface area contributed by atoms with Crippen molar-refractivity contribution in [1.82, 2.24) is 10.5 Å².